The minimum absolute atomic E-state index is 0.124. The maximum atomic E-state index is 14.1. The summed E-state index contributed by atoms with van der Waals surface area (Å²) in [5.41, 5.74) is 0.470. The third-order valence-corrected chi connectivity index (χ3v) is 12.3. The molecule has 2 aromatic heterocycles. The van der Waals surface area contributed by atoms with Gasteiger partial charge in [-0.1, -0.05) is 58.0 Å². The van der Waals surface area contributed by atoms with Crippen LogP contribution in [0.3, 0.4) is 0 Å². The monoisotopic (exact) mass is 706 g/mol. The summed E-state index contributed by atoms with van der Waals surface area (Å²) in [6, 6.07) is 6.53. The highest BCUT2D eigenvalue weighted by Gasteiger charge is 2.43. The smallest absolute Gasteiger partial charge is 0.334 e. The van der Waals surface area contributed by atoms with Gasteiger partial charge in [0.15, 0.2) is 11.0 Å². The molecule has 2 heterocycles. The molecule has 0 spiro atoms. The van der Waals surface area contributed by atoms with Gasteiger partial charge in [-0.3, -0.25) is 4.72 Å². The van der Waals surface area contributed by atoms with Crippen molar-refractivity contribution in [3.63, 3.8) is 0 Å². The number of ether oxygens (including phenoxy) is 1. The summed E-state index contributed by atoms with van der Waals surface area (Å²) in [7, 11) is -8.87. The van der Waals surface area contributed by atoms with Crippen LogP contribution in [0.15, 0.2) is 46.2 Å². The zero-order valence-electron chi connectivity index (χ0n) is 22.7. The van der Waals surface area contributed by atoms with Gasteiger partial charge in [0.1, 0.15) is 5.01 Å². The number of carboxylic acid groups (broad SMARTS) is 1. The lowest BCUT2D eigenvalue weighted by Crippen LogP contribution is -2.39. The summed E-state index contributed by atoms with van der Waals surface area (Å²) in [4.78, 5) is 12.4. The molecule has 43 heavy (non-hydrogen) atoms. The lowest BCUT2D eigenvalue weighted by molar-refractivity contribution is -0.138. The van der Waals surface area contributed by atoms with Crippen LogP contribution in [0, 0.1) is 13.8 Å². The predicted molar refractivity (Wildman–Crippen MR) is 163 cm³/mol. The van der Waals surface area contributed by atoms with Crippen molar-refractivity contribution in [2.45, 2.75) is 43.0 Å². The molecule has 2 aromatic carbocycles. The van der Waals surface area contributed by atoms with E-state index in [-0.39, 0.29) is 46.2 Å². The van der Waals surface area contributed by atoms with Crippen molar-refractivity contribution in [3.05, 3.63) is 67.6 Å². The van der Waals surface area contributed by atoms with Crippen LogP contribution in [0.5, 0.6) is 0 Å². The van der Waals surface area contributed by atoms with Crippen molar-refractivity contribution in [2.75, 3.05) is 22.2 Å². The van der Waals surface area contributed by atoms with Gasteiger partial charge in [-0.05, 0) is 56.2 Å². The van der Waals surface area contributed by atoms with Crippen LogP contribution in [-0.4, -0.2) is 61.5 Å². The van der Waals surface area contributed by atoms with Gasteiger partial charge >= 0.3 is 5.97 Å². The first-order valence-electron chi connectivity index (χ1n) is 12.3. The van der Waals surface area contributed by atoms with E-state index in [9.17, 15) is 26.7 Å². The van der Waals surface area contributed by atoms with Crippen LogP contribution in [0.25, 0.3) is 0 Å². The van der Waals surface area contributed by atoms with Crippen molar-refractivity contribution >= 4 is 82.2 Å². The fraction of sp³-hybridized carbons (Fsp3) is 0.292. The largest absolute Gasteiger partial charge is 0.479 e. The van der Waals surface area contributed by atoms with E-state index in [0.717, 1.165) is 11.3 Å². The molecule has 4 aromatic rings. The van der Waals surface area contributed by atoms with Gasteiger partial charge in [0.2, 0.25) is 10.3 Å². The van der Waals surface area contributed by atoms with E-state index in [0.29, 0.717) is 40.3 Å². The number of hydrogen-bond donors (Lipinski definition) is 2. The van der Waals surface area contributed by atoms with Crippen molar-refractivity contribution in [1.82, 2.24) is 20.4 Å². The number of aliphatic carboxylic acids is 1. The Balaban J connectivity index is 1.80. The van der Waals surface area contributed by atoms with Crippen LogP contribution in [0.1, 0.15) is 34.1 Å². The minimum atomic E-state index is -4.66. The van der Waals surface area contributed by atoms with Gasteiger partial charge in [-0.15, -0.1) is 20.4 Å². The zero-order chi connectivity index (χ0) is 31.5. The molecule has 0 bridgehead atoms. The first kappa shape index (κ1) is 33.0. The van der Waals surface area contributed by atoms with Crippen LogP contribution >= 0.6 is 45.9 Å². The van der Waals surface area contributed by atoms with E-state index in [2.05, 4.69) is 25.1 Å². The molecule has 13 nitrogen and oxygen atoms in total. The summed E-state index contributed by atoms with van der Waals surface area (Å²) in [5.74, 6) is -1.62. The maximum absolute atomic E-state index is 14.1. The fourth-order valence-corrected chi connectivity index (χ4v) is 9.49. The number of aromatic nitrogens is 4. The highest BCUT2D eigenvalue weighted by molar-refractivity contribution is 7.93. The Hall–Kier alpha value is -2.93. The molecule has 2 N–H and O–H groups in total. The number of benzene rings is 2. The summed E-state index contributed by atoms with van der Waals surface area (Å²) in [5, 5.41) is 25.9. The van der Waals surface area contributed by atoms with Gasteiger partial charge in [0.05, 0.1) is 16.4 Å². The Morgan fingerprint density at radius 3 is 2.23 bits per heavy atom. The van der Waals surface area contributed by atoms with Crippen molar-refractivity contribution < 1.29 is 31.5 Å². The van der Waals surface area contributed by atoms with Crippen LogP contribution in [-0.2, 0) is 36.0 Å². The van der Waals surface area contributed by atoms with Crippen LogP contribution < -0.4 is 9.03 Å². The van der Waals surface area contributed by atoms with Gasteiger partial charge in [0.25, 0.3) is 20.0 Å². The van der Waals surface area contributed by atoms with Gasteiger partial charge in [-0.2, -0.15) is 0 Å². The molecule has 0 radical (unpaired) electrons. The summed E-state index contributed by atoms with van der Waals surface area (Å²) in [6.07, 6.45) is 0.307. The molecule has 0 saturated heterocycles. The van der Waals surface area contributed by atoms with Gasteiger partial charge in [-0.25, -0.2) is 25.9 Å². The number of nitrogens with zero attached hydrogens (tertiary/aromatic N) is 5. The first-order chi connectivity index (χ1) is 20.3. The molecular weight excluding hydrogens is 683 g/mol. The molecule has 0 aliphatic rings. The zero-order valence-corrected chi connectivity index (χ0v) is 27.5. The Kier molecular flexibility index (Phi) is 10.3. The summed E-state index contributed by atoms with van der Waals surface area (Å²) >= 11 is 13.7. The molecule has 0 saturated carbocycles. The molecule has 1 unspecified atom stereocenters. The highest BCUT2D eigenvalue weighted by Crippen LogP contribution is 2.39. The summed E-state index contributed by atoms with van der Waals surface area (Å²) in [6.45, 7) is 5.57. The second kappa shape index (κ2) is 13.4. The van der Waals surface area contributed by atoms with Crippen LogP contribution in [0.4, 0.5) is 10.3 Å². The minimum Gasteiger partial charge on any atom is -0.479 e. The second-order valence-electron chi connectivity index (χ2n) is 8.74. The van der Waals surface area contributed by atoms with Gasteiger partial charge < -0.3 is 9.84 Å². The quantitative estimate of drug-likeness (QED) is 0.184. The third kappa shape index (κ3) is 7.08. The number of nitrogens with one attached hydrogen (secondary N) is 1. The Morgan fingerprint density at radius 2 is 1.60 bits per heavy atom. The Bertz CT molecular complexity index is 1860. The van der Waals surface area contributed by atoms with E-state index >= 15 is 0 Å². The number of halogens is 2. The molecule has 4 rings (SSSR count). The van der Waals surface area contributed by atoms with Gasteiger partial charge in [0, 0.05) is 23.1 Å². The number of hydrogen-bond acceptors (Lipinski definition) is 12. The molecule has 1 atom stereocenters. The molecule has 19 heteroatoms. The normalized spacial score (nSPS) is 12.7. The average Bonchev–Trinajstić information content (AvgIpc) is 3.59. The van der Waals surface area contributed by atoms with Crippen molar-refractivity contribution in [3.8, 4) is 0 Å². The number of carboxylic acids is 1. The third-order valence-electron chi connectivity index (χ3n) is 5.94. The average molecular weight is 708 g/mol. The Morgan fingerprint density at radius 1 is 0.977 bits per heavy atom. The number of rotatable bonds is 13. The lowest BCUT2D eigenvalue weighted by atomic mass is 10.2. The molecule has 0 amide bonds. The molecule has 230 valence electrons. The Labute approximate surface area is 265 Å². The standard InChI is InChI=1S/C24H24Cl2N6O7S4/c1-4-39-12-11-19-27-30-24(40-19)32(43(37,38)18-10-6-8-16(26)14(18)3)20(22(33)34)21-28-29-23(41-21)31-42(35,36)17-9-5-7-15(25)13(17)2/h5-10,20H,4,11-12H2,1-3H3,(H,29,31)(H,33,34). The fourth-order valence-electron chi connectivity index (χ4n) is 3.81. The maximum Gasteiger partial charge on any atom is 0.334 e. The number of sulfonamides is 2. The predicted octanol–water partition coefficient (Wildman–Crippen LogP) is 4.71. The first-order valence-corrected chi connectivity index (χ1v) is 17.6. The summed E-state index contributed by atoms with van der Waals surface area (Å²) < 4.78 is 62.6. The lowest BCUT2D eigenvalue weighted by Gasteiger charge is -2.26. The van der Waals surface area contributed by atoms with Crippen molar-refractivity contribution in [2.24, 2.45) is 0 Å². The van der Waals surface area contributed by atoms with E-state index in [1.54, 1.807) is 0 Å². The van der Waals surface area contributed by atoms with E-state index in [1.165, 1.54) is 50.2 Å². The topological polar surface area (TPSA) is 182 Å². The number of carbonyl (C=O) groups is 1. The van der Waals surface area contributed by atoms with Crippen molar-refractivity contribution in [1.29, 1.82) is 0 Å². The molecule has 0 aliphatic carbocycles. The highest BCUT2D eigenvalue weighted by atomic mass is 35.5. The molecular formula is C24H24Cl2N6O7S4. The van der Waals surface area contributed by atoms with Crippen LogP contribution in [0.2, 0.25) is 10.0 Å². The number of anilines is 2. The van der Waals surface area contributed by atoms with E-state index in [4.69, 9.17) is 27.9 Å². The van der Waals surface area contributed by atoms with E-state index < -0.39 is 32.1 Å². The molecule has 0 aliphatic heterocycles. The van der Waals surface area contributed by atoms with E-state index in [1.807, 2.05) is 6.92 Å². The molecule has 0 fully saturated rings. The second-order valence-corrected chi connectivity index (χ2v) is 15.0. The SMILES string of the molecule is CCOCCc1nnc(N(C(C(=O)O)c2nnc(NS(=O)(=O)c3cccc(Cl)c3C)s2)S(=O)(=O)c2cccc(Cl)c2C)s1.